The Balaban J connectivity index is 2.44. The highest BCUT2D eigenvalue weighted by Crippen LogP contribution is 2.44. The molecule has 0 saturated carbocycles. The number of allylic oxidation sites excluding steroid dienone is 1. The van der Waals surface area contributed by atoms with Gasteiger partial charge in [0.15, 0.2) is 0 Å². The first-order valence-corrected chi connectivity index (χ1v) is 9.00. The van der Waals surface area contributed by atoms with Crippen LogP contribution in [0, 0.1) is 5.92 Å². The number of nitrogens with zero attached hydrogens (tertiary/aromatic N) is 1. The second kappa shape index (κ2) is 8.24. The third kappa shape index (κ3) is 3.99. The van der Waals surface area contributed by atoms with Gasteiger partial charge in [0, 0.05) is 18.5 Å². The Hall–Kier alpha value is -1.70. The van der Waals surface area contributed by atoms with Crippen LogP contribution in [0.5, 0.6) is 5.75 Å². The highest BCUT2D eigenvalue weighted by Gasteiger charge is 2.40. The summed E-state index contributed by atoms with van der Waals surface area (Å²) in [5.41, 5.74) is 1.31. The first-order chi connectivity index (χ1) is 11.2. The summed E-state index contributed by atoms with van der Waals surface area (Å²) in [5, 5.41) is 9.99. The first-order valence-electron chi connectivity index (χ1n) is 9.00. The molecular weight excluding hydrogens is 282 g/mol. The van der Waals surface area contributed by atoms with Crippen molar-refractivity contribution in [2.75, 3.05) is 13.1 Å². The van der Waals surface area contributed by atoms with Gasteiger partial charge >= 0.3 is 0 Å². The first kappa shape index (κ1) is 17.7. The molecule has 0 radical (unpaired) electrons. The SMILES string of the molecule is C=CCN1C=CC(CCCC)(c2cccc(O)c2)C(CCC)C1. The predicted octanol–water partition coefficient (Wildman–Crippen LogP) is 5.25. The average molecular weight is 313 g/mol. The van der Waals surface area contributed by atoms with Gasteiger partial charge in [-0.25, -0.2) is 0 Å². The zero-order valence-electron chi connectivity index (χ0n) is 14.7. The normalized spacial score (nSPS) is 23.9. The molecule has 1 aromatic carbocycles. The molecule has 1 aromatic rings. The third-order valence-electron chi connectivity index (χ3n) is 5.09. The summed E-state index contributed by atoms with van der Waals surface area (Å²) in [6.07, 6.45) is 12.6. The predicted molar refractivity (Wildman–Crippen MR) is 98.6 cm³/mol. The van der Waals surface area contributed by atoms with Gasteiger partial charge in [0.1, 0.15) is 5.75 Å². The number of hydrogen-bond donors (Lipinski definition) is 1. The van der Waals surface area contributed by atoms with Crippen molar-refractivity contribution in [1.82, 2.24) is 4.90 Å². The van der Waals surface area contributed by atoms with Crippen LogP contribution in [0.4, 0.5) is 0 Å². The van der Waals surface area contributed by atoms with E-state index in [0.717, 1.165) is 19.5 Å². The van der Waals surface area contributed by atoms with Crippen molar-refractivity contribution in [3.63, 3.8) is 0 Å². The summed E-state index contributed by atoms with van der Waals surface area (Å²) in [6.45, 7) is 10.4. The highest BCUT2D eigenvalue weighted by molar-refractivity contribution is 5.38. The molecule has 1 aliphatic heterocycles. The van der Waals surface area contributed by atoms with Crippen LogP contribution in [0.2, 0.25) is 0 Å². The molecule has 2 nitrogen and oxygen atoms in total. The molecule has 1 aliphatic rings. The minimum Gasteiger partial charge on any atom is -0.508 e. The second-order valence-corrected chi connectivity index (χ2v) is 6.74. The number of rotatable bonds is 8. The molecule has 2 rings (SSSR count). The van der Waals surface area contributed by atoms with Crippen molar-refractivity contribution in [3.8, 4) is 5.75 Å². The zero-order valence-corrected chi connectivity index (χ0v) is 14.7. The molecule has 0 spiro atoms. The summed E-state index contributed by atoms with van der Waals surface area (Å²) in [7, 11) is 0. The van der Waals surface area contributed by atoms with Crippen molar-refractivity contribution >= 4 is 0 Å². The zero-order chi connectivity index (χ0) is 16.7. The number of unbranched alkanes of at least 4 members (excludes halogenated alkanes) is 1. The second-order valence-electron chi connectivity index (χ2n) is 6.74. The molecule has 0 saturated heterocycles. The molecule has 0 fully saturated rings. The molecule has 0 aromatic heterocycles. The van der Waals surface area contributed by atoms with E-state index in [0.29, 0.717) is 11.7 Å². The average Bonchev–Trinajstić information content (AvgIpc) is 2.55. The molecule has 126 valence electrons. The van der Waals surface area contributed by atoms with E-state index in [4.69, 9.17) is 0 Å². The van der Waals surface area contributed by atoms with Gasteiger partial charge in [-0.3, -0.25) is 0 Å². The van der Waals surface area contributed by atoms with Crippen molar-refractivity contribution in [1.29, 1.82) is 0 Å². The van der Waals surface area contributed by atoms with Crippen LogP contribution in [-0.4, -0.2) is 23.1 Å². The molecule has 2 atom stereocenters. The molecule has 1 heterocycles. The Labute approximate surface area is 141 Å². The number of benzene rings is 1. The van der Waals surface area contributed by atoms with E-state index < -0.39 is 0 Å². The molecule has 0 amide bonds. The minimum atomic E-state index is 0.0441. The molecular formula is C21H31NO. The van der Waals surface area contributed by atoms with E-state index >= 15 is 0 Å². The molecule has 0 aliphatic carbocycles. The van der Waals surface area contributed by atoms with Crippen LogP contribution in [0.3, 0.4) is 0 Å². The van der Waals surface area contributed by atoms with E-state index in [1.165, 1.54) is 31.2 Å². The van der Waals surface area contributed by atoms with Crippen LogP contribution in [0.1, 0.15) is 51.5 Å². The summed E-state index contributed by atoms with van der Waals surface area (Å²) in [4.78, 5) is 2.36. The fraction of sp³-hybridized carbons (Fsp3) is 0.524. The van der Waals surface area contributed by atoms with Gasteiger partial charge in [-0.2, -0.15) is 0 Å². The van der Waals surface area contributed by atoms with Crippen LogP contribution in [-0.2, 0) is 5.41 Å². The summed E-state index contributed by atoms with van der Waals surface area (Å²) in [5.74, 6) is 0.946. The van der Waals surface area contributed by atoms with Gasteiger partial charge in [-0.05, 0) is 42.7 Å². The Morgan fingerprint density at radius 3 is 2.83 bits per heavy atom. The van der Waals surface area contributed by atoms with Crippen molar-refractivity contribution in [2.45, 2.75) is 51.4 Å². The van der Waals surface area contributed by atoms with Crippen molar-refractivity contribution < 1.29 is 5.11 Å². The lowest BCUT2D eigenvalue weighted by atomic mass is 9.64. The van der Waals surface area contributed by atoms with Crippen molar-refractivity contribution in [3.05, 3.63) is 54.8 Å². The monoisotopic (exact) mass is 313 g/mol. The number of phenolic OH excluding ortho intramolecular Hbond substituents is 1. The van der Waals surface area contributed by atoms with Crippen LogP contribution >= 0.6 is 0 Å². The Morgan fingerprint density at radius 2 is 2.17 bits per heavy atom. The Kier molecular flexibility index (Phi) is 6.32. The van der Waals surface area contributed by atoms with E-state index in [2.05, 4.69) is 43.7 Å². The fourth-order valence-corrected chi connectivity index (χ4v) is 3.91. The van der Waals surface area contributed by atoms with Crippen LogP contribution in [0.25, 0.3) is 0 Å². The summed E-state index contributed by atoms with van der Waals surface area (Å²) in [6, 6.07) is 7.89. The van der Waals surface area contributed by atoms with Crippen molar-refractivity contribution in [2.24, 2.45) is 5.92 Å². The molecule has 1 N–H and O–H groups in total. The lowest BCUT2D eigenvalue weighted by molar-refractivity contribution is 0.194. The third-order valence-corrected chi connectivity index (χ3v) is 5.09. The molecule has 2 heteroatoms. The van der Waals surface area contributed by atoms with E-state index in [1.807, 2.05) is 18.2 Å². The molecule has 23 heavy (non-hydrogen) atoms. The topological polar surface area (TPSA) is 23.5 Å². The smallest absolute Gasteiger partial charge is 0.115 e. The van der Waals surface area contributed by atoms with Crippen LogP contribution in [0.15, 0.2) is 49.2 Å². The Bertz CT molecular complexity index is 536. The fourth-order valence-electron chi connectivity index (χ4n) is 3.91. The number of hydrogen-bond acceptors (Lipinski definition) is 2. The van der Waals surface area contributed by atoms with Crippen LogP contribution < -0.4 is 0 Å². The quantitative estimate of drug-likeness (QED) is 0.662. The van der Waals surface area contributed by atoms with E-state index in [9.17, 15) is 5.11 Å². The maximum absolute atomic E-state index is 9.99. The van der Waals surface area contributed by atoms with Gasteiger partial charge in [0.25, 0.3) is 0 Å². The summed E-state index contributed by atoms with van der Waals surface area (Å²) >= 11 is 0. The Morgan fingerprint density at radius 1 is 1.35 bits per heavy atom. The minimum absolute atomic E-state index is 0.0441. The molecule has 0 bridgehead atoms. The maximum Gasteiger partial charge on any atom is 0.115 e. The number of aromatic hydroxyl groups is 1. The van der Waals surface area contributed by atoms with Gasteiger partial charge in [0.05, 0.1) is 0 Å². The van der Waals surface area contributed by atoms with Gasteiger partial charge in [-0.1, -0.05) is 57.4 Å². The lowest BCUT2D eigenvalue weighted by Gasteiger charge is -2.45. The van der Waals surface area contributed by atoms with Gasteiger partial charge < -0.3 is 10.0 Å². The maximum atomic E-state index is 9.99. The van der Waals surface area contributed by atoms with E-state index in [1.54, 1.807) is 6.07 Å². The van der Waals surface area contributed by atoms with Gasteiger partial charge in [0.2, 0.25) is 0 Å². The summed E-state index contributed by atoms with van der Waals surface area (Å²) < 4.78 is 0. The highest BCUT2D eigenvalue weighted by atomic mass is 16.3. The largest absolute Gasteiger partial charge is 0.508 e. The standard InChI is InChI=1S/C21H31NO/c1-4-7-12-21(18-10-8-11-20(23)16-18)13-15-22(14-6-3)17-19(21)9-5-2/h6,8,10-11,13,15-16,19,23H,3-5,7,9,12,14,17H2,1-2H3. The molecule has 2 unspecified atom stereocenters. The van der Waals surface area contributed by atoms with Gasteiger partial charge in [-0.15, -0.1) is 6.58 Å². The number of phenols is 1. The lowest BCUT2D eigenvalue weighted by Crippen LogP contribution is -2.44. The van der Waals surface area contributed by atoms with E-state index in [-0.39, 0.29) is 5.41 Å².